The van der Waals surface area contributed by atoms with Crippen LogP contribution in [0.5, 0.6) is 0 Å². The van der Waals surface area contributed by atoms with Gasteiger partial charge >= 0.3 is 0 Å². The third-order valence-electron chi connectivity index (χ3n) is 10.1. The summed E-state index contributed by atoms with van der Waals surface area (Å²) in [5, 5.41) is 21.7. The zero-order chi connectivity index (χ0) is 35.2. The van der Waals surface area contributed by atoms with Crippen molar-refractivity contribution < 1.29 is 24.2 Å². The van der Waals surface area contributed by atoms with Crippen molar-refractivity contribution in [2.45, 2.75) is 69.6 Å². The molecular weight excluding hydrogens is 716 g/mol. The number of amides is 2. The fourth-order valence-corrected chi connectivity index (χ4v) is 11.0. The molecule has 1 saturated heterocycles. The standard InChI is InChI=1S/C37H41BrN6O5Si/c1-23-35(50(2,3)48)33(13-15-43-22-28(14-16-45)41-42-43)49-37(23)30-19-26(38)11-12-32(30)44(36(37)47)21-24-7-6-8-27(17-24)40-34(46)18-25-20-39-31-10-5-4-9-29(25)31/h4-12,17,19-20,22-23,33,35,39,45,48H,13-16,18,21H2,1-3H3,(H,40,46)/t23-,33+,35-,37+/m1/s1. The van der Waals surface area contributed by atoms with Gasteiger partial charge in [-0.1, -0.05) is 58.4 Å². The molecule has 5 aromatic rings. The number of aryl methyl sites for hydroxylation is 1. The second-order valence-electron chi connectivity index (χ2n) is 13.9. The van der Waals surface area contributed by atoms with Crippen LogP contribution in [-0.4, -0.2) is 62.7 Å². The normalized spacial score (nSPS) is 21.8. The number of para-hydroxylation sites is 1. The van der Waals surface area contributed by atoms with Crippen LogP contribution < -0.4 is 10.2 Å². The number of aromatic nitrogens is 4. The summed E-state index contributed by atoms with van der Waals surface area (Å²) in [6, 6.07) is 21.3. The van der Waals surface area contributed by atoms with E-state index in [0.717, 1.165) is 37.8 Å². The number of aliphatic hydroxyl groups is 1. The smallest absolute Gasteiger partial charge is 0.264 e. The van der Waals surface area contributed by atoms with E-state index in [9.17, 15) is 19.5 Å². The molecular formula is C37H41BrN6O5Si. The molecule has 2 amide bonds. The Morgan fingerprint density at radius 1 is 1.14 bits per heavy atom. The largest absolute Gasteiger partial charge is 0.432 e. The van der Waals surface area contributed by atoms with Crippen molar-refractivity contribution in [2.24, 2.45) is 5.92 Å². The first-order valence-electron chi connectivity index (χ1n) is 16.9. The zero-order valence-electron chi connectivity index (χ0n) is 28.3. The molecule has 0 radical (unpaired) electrons. The summed E-state index contributed by atoms with van der Waals surface area (Å²) in [4.78, 5) is 44.5. The van der Waals surface area contributed by atoms with Gasteiger partial charge < -0.3 is 29.8 Å². The fraction of sp³-hybridized carbons (Fsp3) is 0.351. The molecule has 1 spiro atoms. The Morgan fingerprint density at radius 3 is 2.76 bits per heavy atom. The quantitative estimate of drug-likeness (QED) is 0.127. The number of hydrogen-bond acceptors (Lipinski definition) is 7. The monoisotopic (exact) mass is 756 g/mol. The Balaban J connectivity index is 1.13. The number of ether oxygens (including phenoxy) is 1. The minimum atomic E-state index is -2.84. The number of hydrogen-bond donors (Lipinski definition) is 4. The number of benzene rings is 3. The van der Waals surface area contributed by atoms with Crippen molar-refractivity contribution in [1.29, 1.82) is 0 Å². The van der Waals surface area contributed by atoms with Crippen LogP contribution in [0.1, 0.15) is 35.7 Å². The number of carbonyl (C=O) groups excluding carboxylic acids is 2. The maximum absolute atomic E-state index is 14.8. The summed E-state index contributed by atoms with van der Waals surface area (Å²) in [7, 11) is -2.84. The van der Waals surface area contributed by atoms with Crippen LogP contribution in [0.4, 0.5) is 11.4 Å². The molecule has 7 rings (SSSR count). The molecule has 0 bridgehead atoms. The topological polar surface area (TPSA) is 146 Å². The van der Waals surface area contributed by atoms with E-state index in [2.05, 4.69) is 36.5 Å². The van der Waals surface area contributed by atoms with Crippen molar-refractivity contribution in [3.8, 4) is 0 Å². The van der Waals surface area contributed by atoms with Gasteiger partial charge in [0.1, 0.15) is 0 Å². The third-order valence-corrected chi connectivity index (χ3v) is 13.1. The summed E-state index contributed by atoms with van der Waals surface area (Å²) >= 11 is 3.63. The molecule has 2 aliphatic heterocycles. The Morgan fingerprint density at radius 2 is 1.96 bits per heavy atom. The SMILES string of the molecule is C[C@@H]1[C@@H]([Si](C)(C)O)[C@H](CCn2cc(CCO)nn2)O[C@@]12C(=O)N(Cc1cccc(NC(=O)Cc3c[nH]c4ccccc34)c1)c1ccc(Br)cc12. The van der Waals surface area contributed by atoms with E-state index in [1.165, 1.54) is 0 Å². The van der Waals surface area contributed by atoms with E-state index in [1.807, 2.05) is 99.1 Å². The summed E-state index contributed by atoms with van der Waals surface area (Å²) in [6.45, 7) is 6.62. The average molecular weight is 758 g/mol. The van der Waals surface area contributed by atoms with Crippen molar-refractivity contribution in [1.82, 2.24) is 20.0 Å². The van der Waals surface area contributed by atoms with Crippen LogP contribution in [0, 0.1) is 5.92 Å². The van der Waals surface area contributed by atoms with Crippen molar-refractivity contribution >= 4 is 58.3 Å². The minimum absolute atomic E-state index is 0.00481. The number of aliphatic hydroxyl groups excluding tert-OH is 1. The van der Waals surface area contributed by atoms with E-state index in [4.69, 9.17) is 4.74 Å². The lowest BCUT2D eigenvalue weighted by Crippen LogP contribution is -2.46. The number of aromatic amines is 1. The number of H-pyrrole nitrogens is 1. The molecule has 4 heterocycles. The molecule has 1 fully saturated rings. The van der Waals surface area contributed by atoms with Crippen LogP contribution in [0.3, 0.4) is 0 Å². The molecule has 4 atom stereocenters. The maximum atomic E-state index is 14.8. The molecule has 0 saturated carbocycles. The van der Waals surface area contributed by atoms with Crippen LogP contribution in [0.25, 0.3) is 10.9 Å². The van der Waals surface area contributed by atoms with Gasteiger partial charge in [0.2, 0.25) is 5.91 Å². The third kappa shape index (κ3) is 6.32. The molecule has 2 aliphatic rings. The molecule has 4 N–H and O–H groups in total. The Bertz CT molecular complexity index is 2060. The molecule has 13 heteroatoms. The first kappa shape index (κ1) is 34.3. The molecule has 2 aromatic heterocycles. The summed E-state index contributed by atoms with van der Waals surface area (Å²) in [6.07, 6.45) is 4.48. The van der Waals surface area contributed by atoms with E-state index in [1.54, 1.807) is 9.58 Å². The predicted octanol–water partition coefficient (Wildman–Crippen LogP) is 5.67. The van der Waals surface area contributed by atoms with Gasteiger partial charge in [-0.3, -0.25) is 14.3 Å². The second kappa shape index (κ2) is 13.5. The van der Waals surface area contributed by atoms with Crippen LogP contribution in [-0.2, 0) is 45.9 Å². The highest BCUT2D eigenvalue weighted by molar-refractivity contribution is 9.10. The van der Waals surface area contributed by atoms with Crippen molar-refractivity contribution in [3.05, 3.63) is 106 Å². The summed E-state index contributed by atoms with van der Waals surface area (Å²) in [5.41, 5.74) is 4.17. The molecule has 50 heavy (non-hydrogen) atoms. The predicted molar refractivity (Wildman–Crippen MR) is 197 cm³/mol. The minimum Gasteiger partial charge on any atom is -0.432 e. The van der Waals surface area contributed by atoms with Gasteiger partial charge in [0.25, 0.3) is 5.91 Å². The van der Waals surface area contributed by atoms with Gasteiger partial charge in [-0.25, -0.2) is 0 Å². The Labute approximate surface area is 299 Å². The zero-order valence-corrected chi connectivity index (χ0v) is 30.9. The van der Waals surface area contributed by atoms with Gasteiger partial charge in [0, 0.05) is 70.1 Å². The van der Waals surface area contributed by atoms with Gasteiger partial charge in [-0.05, 0) is 67.0 Å². The number of nitrogens with one attached hydrogen (secondary N) is 2. The highest BCUT2D eigenvalue weighted by Crippen LogP contribution is 2.60. The molecule has 3 aromatic carbocycles. The number of fused-ring (bicyclic) bond motifs is 3. The van der Waals surface area contributed by atoms with Crippen LogP contribution >= 0.6 is 15.9 Å². The van der Waals surface area contributed by atoms with Crippen molar-refractivity contribution in [2.75, 3.05) is 16.8 Å². The highest BCUT2D eigenvalue weighted by Gasteiger charge is 2.66. The van der Waals surface area contributed by atoms with E-state index >= 15 is 0 Å². The van der Waals surface area contributed by atoms with Gasteiger partial charge in [0.05, 0.1) is 30.5 Å². The van der Waals surface area contributed by atoms with Crippen LogP contribution in [0.15, 0.2) is 83.6 Å². The number of rotatable bonds is 11. The lowest BCUT2D eigenvalue weighted by atomic mass is 9.82. The molecule has 0 unspecified atom stereocenters. The summed E-state index contributed by atoms with van der Waals surface area (Å²) in [5.74, 6) is -0.598. The molecule has 260 valence electrons. The average Bonchev–Trinajstić information content (AvgIpc) is 3.82. The lowest BCUT2D eigenvalue weighted by molar-refractivity contribution is -0.146. The number of carbonyl (C=O) groups is 2. The van der Waals surface area contributed by atoms with Crippen LogP contribution in [0.2, 0.25) is 18.6 Å². The summed E-state index contributed by atoms with van der Waals surface area (Å²) < 4.78 is 9.52. The lowest BCUT2D eigenvalue weighted by Gasteiger charge is -2.32. The molecule has 0 aliphatic carbocycles. The first-order chi connectivity index (χ1) is 24.0. The fourth-order valence-electron chi connectivity index (χ4n) is 8.00. The van der Waals surface area contributed by atoms with E-state index in [-0.39, 0.29) is 42.8 Å². The number of halogens is 1. The maximum Gasteiger partial charge on any atom is 0.264 e. The number of anilines is 2. The Hall–Kier alpha value is -4.14. The Kier molecular flexibility index (Phi) is 9.28. The first-order valence-corrected chi connectivity index (χ1v) is 20.8. The second-order valence-corrected chi connectivity index (χ2v) is 18.8. The molecule has 11 nitrogen and oxygen atoms in total. The number of nitrogens with zero attached hydrogens (tertiary/aromatic N) is 4. The van der Waals surface area contributed by atoms with Gasteiger partial charge in [0.15, 0.2) is 13.9 Å². The van der Waals surface area contributed by atoms with Gasteiger partial charge in [-0.2, -0.15) is 0 Å². The highest BCUT2D eigenvalue weighted by atomic mass is 79.9. The van der Waals surface area contributed by atoms with E-state index in [0.29, 0.717) is 30.8 Å². The van der Waals surface area contributed by atoms with E-state index < -0.39 is 20.0 Å². The van der Waals surface area contributed by atoms with Gasteiger partial charge in [-0.15, -0.1) is 5.10 Å². The van der Waals surface area contributed by atoms with Crippen molar-refractivity contribution in [3.63, 3.8) is 0 Å².